The second kappa shape index (κ2) is 12.8. The average Bonchev–Trinajstić information content (AvgIpc) is 3.25. The van der Waals surface area contributed by atoms with Gasteiger partial charge in [-0.2, -0.15) is 5.06 Å². The summed E-state index contributed by atoms with van der Waals surface area (Å²) in [5, 5.41) is 15.3. The molecule has 1 amide bonds. The molecule has 0 aromatic heterocycles. The highest BCUT2D eigenvalue weighted by Gasteiger charge is 2.27. The summed E-state index contributed by atoms with van der Waals surface area (Å²) < 4.78 is 39.7. The van der Waals surface area contributed by atoms with Gasteiger partial charge in [-0.05, 0) is 30.3 Å². The van der Waals surface area contributed by atoms with Gasteiger partial charge in [-0.3, -0.25) is 9.63 Å². The van der Waals surface area contributed by atoms with Crippen molar-refractivity contribution < 1.29 is 37.4 Å². The van der Waals surface area contributed by atoms with Gasteiger partial charge in [-0.15, -0.1) is 0 Å². The molecule has 2 N–H and O–H groups in total. The van der Waals surface area contributed by atoms with E-state index in [9.17, 15) is 18.3 Å². The number of hydrogen-bond donors (Lipinski definition) is 2. The Hall–Kier alpha value is -2.28. The van der Waals surface area contributed by atoms with E-state index in [0.717, 1.165) is 6.26 Å². The highest BCUT2D eigenvalue weighted by molar-refractivity contribution is 7.90. The molecule has 0 radical (unpaired) electrons. The number of aliphatic hydroxyl groups excluding tert-OH is 1. The minimum Gasteiger partial charge on any atom is -0.491 e. The first-order valence-corrected chi connectivity index (χ1v) is 13.8. The van der Waals surface area contributed by atoms with Crippen LogP contribution in [-0.2, 0) is 14.7 Å². The standard InChI is InChI=1S/C23H28Cl2N2O8S/c1-26-23(29)19-9-20(25)22(32-7-8-36(2,30)31)10-21(19)33-13-16(28)11-27-12-18(14-34-27)35-17-5-3-15(24)4-6-17/h3-6,9-10,16,18,28H,7-8,11-14H2,1-2H3,(H,26,29)/t16-,18-/m1/s1. The molecule has 1 fully saturated rings. The van der Waals surface area contributed by atoms with Gasteiger partial charge in [0.1, 0.15) is 49.3 Å². The third-order valence-electron chi connectivity index (χ3n) is 5.03. The molecule has 0 unspecified atom stereocenters. The SMILES string of the molecule is CNC(=O)c1cc(Cl)c(OCCS(C)(=O)=O)cc1OC[C@H](O)CN1C[C@@H](Oc2ccc(Cl)cc2)CO1. The Bertz CT molecular complexity index is 1150. The maximum absolute atomic E-state index is 12.3. The van der Waals surface area contributed by atoms with Gasteiger partial charge in [0.05, 0.1) is 29.4 Å². The van der Waals surface area contributed by atoms with Gasteiger partial charge in [0.15, 0.2) is 9.84 Å². The Kier molecular flexibility index (Phi) is 10.1. The van der Waals surface area contributed by atoms with Crippen molar-refractivity contribution in [2.45, 2.75) is 12.2 Å². The van der Waals surface area contributed by atoms with E-state index < -0.39 is 21.8 Å². The van der Waals surface area contributed by atoms with E-state index in [0.29, 0.717) is 23.9 Å². The van der Waals surface area contributed by atoms with Gasteiger partial charge in [0.2, 0.25) is 0 Å². The number of halogens is 2. The van der Waals surface area contributed by atoms with Crippen LogP contribution in [-0.4, -0.2) is 88.7 Å². The normalized spacial score (nSPS) is 17.0. The van der Waals surface area contributed by atoms with Crippen molar-refractivity contribution in [2.75, 3.05) is 52.0 Å². The maximum Gasteiger partial charge on any atom is 0.254 e. The van der Waals surface area contributed by atoms with Crippen molar-refractivity contribution >= 4 is 38.9 Å². The largest absolute Gasteiger partial charge is 0.491 e. The number of hydrogen-bond acceptors (Lipinski definition) is 9. The summed E-state index contributed by atoms with van der Waals surface area (Å²) >= 11 is 12.1. The van der Waals surface area contributed by atoms with Crippen LogP contribution in [0.5, 0.6) is 17.2 Å². The zero-order valence-corrected chi connectivity index (χ0v) is 22.1. The van der Waals surface area contributed by atoms with Gasteiger partial charge in [-0.1, -0.05) is 23.2 Å². The van der Waals surface area contributed by atoms with Crippen LogP contribution in [0.4, 0.5) is 0 Å². The quantitative estimate of drug-likeness (QED) is 0.400. The predicted octanol–water partition coefficient (Wildman–Crippen LogP) is 2.21. The first-order valence-electron chi connectivity index (χ1n) is 11.0. The van der Waals surface area contributed by atoms with Gasteiger partial charge < -0.3 is 24.6 Å². The summed E-state index contributed by atoms with van der Waals surface area (Å²) in [6.07, 6.45) is -0.0808. The topological polar surface area (TPSA) is 124 Å². The summed E-state index contributed by atoms with van der Waals surface area (Å²) in [5.74, 6) is 0.293. The maximum atomic E-state index is 12.3. The van der Waals surface area contributed by atoms with Crippen LogP contribution >= 0.6 is 23.2 Å². The molecule has 2 aromatic carbocycles. The summed E-state index contributed by atoms with van der Waals surface area (Å²) in [4.78, 5) is 17.9. The van der Waals surface area contributed by atoms with Crippen LogP contribution in [0.25, 0.3) is 0 Å². The number of β-amino-alcohol motifs (C(OH)–C–C–N with tert-alkyl or cyclic N) is 1. The molecular formula is C23H28Cl2N2O8S. The van der Waals surface area contributed by atoms with Crippen molar-refractivity contribution in [1.82, 2.24) is 10.4 Å². The Morgan fingerprint density at radius 1 is 1.22 bits per heavy atom. The molecule has 10 nitrogen and oxygen atoms in total. The van der Waals surface area contributed by atoms with Crippen LogP contribution in [0.2, 0.25) is 10.0 Å². The highest BCUT2D eigenvalue weighted by Crippen LogP contribution is 2.33. The van der Waals surface area contributed by atoms with Crippen molar-refractivity contribution in [3.63, 3.8) is 0 Å². The minimum absolute atomic E-state index is 0.118. The first-order chi connectivity index (χ1) is 17.0. The molecule has 0 spiro atoms. The molecule has 0 aliphatic carbocycles. The summed E-state index contributed by atoms with van der Waals surface area (Å²) in [5.41, 5.74) is 0.138. The molecule has 1 saturated heterocycles. The fourth-order valence-electron chi connectivity index (χ4n) is 3.28. The third-order valence-corrected chi connectivity index (χ3v) is 6.49. The van der Waals surface area contributed by atoms with Crippen LogP contribution < -0.4 is 19.5 Å². The van der Waals surface area contributed by atoms with E-state index >= 15 is 0 Å². The lowest BCUT2D eigenvalue weighted by Crippen LogP contribution is -2.35. The second-order valence-electron chi connectivity index (χ2n) is 8.14. The Morgan fingerprint density at radius 2 is 1.94 bits per heavy atom. The van der Waals surface area contributed by atoms with Crippen molar-refractivity contribution in [2.24, 2.45) is 0 Å². The molecule has 13 heteroatoms. The summed E-state index contributed by atoms with van der Waals surface area (Å²) in [6.45, 7) is 0.619. The Labute approximate surface area is 219 Å². The van der Waals surface area contributed by atoms with E-state index in [1.54, 1.807) is 29.3 Å². The second-order valence-corrected chi connectivity index (χ2v) is 11.2. The van der Waals surface area contributed by atoms with E-state index in [-0.39, 0.29) is 53.7 Å². The molecule has 2 atom stereocenters. The molecule has 1 heterocycles. The number of nitrogens with zero attached hydrogens (tertiary/aromatic N) is 1. The van der Waals surface area contributed by atoms with E-state index in [1.165, 1.54) is 19.2 Å². The number of ether oxygens (including phenoxy) is 3. The van der Waals surface area contributed by atoms with E-state index in [4.69, 9.17) is 42.3 Å². The van der Waals surface area contributed by atoms with Gasteiger partial charge in [0.25, 0.3) is 5.91 Å². The molecule has 2 aromatic rings. The van der Waals surface area contributed by atoms with Crippen LogP contribution in [0, 0.1) is 0 Å². The van der Waals surface area contributed by atoms with Crippen molar-refractivity contribution in [3.05, 3.63) is 52.0 Å². The number of rotatable bonds is 12. The number of benzene rings is 2. The first kappa shape index (κ1) is 28.3. The van der Waals surface area contributed by atoms with Crippen LogP contribution in [0.15, 0.2) is 36.4 Å². The number of aliphatic hydroxyl groups is 1. The number of amides is 1. The van der Waals surface area contributed by atoms with Gasteiger partial charge >= 0.3 is 0 Å². The average molecular weight is 563 g/mol. The molecule has 1 aliphatic heterocycles. The molecule has 1 aliphatic rings. The van der Waals surface area contributed by atoms with Crippen molar-refractivity contribution in [1.29, 1.82) is 0 Å². The summed E-state index contributed by atoms with van der Waals surface area (Å²) in [7, 11) is -1.77. The molecule has 198 valence electrons. The molecule has 0 saturated carbocycles. The number of carbonyl (C=O) groups excluding carboxylic acids is 1. The fraction of sp³-hybridized carbons (Fsp3) is 0.435. The van der Waals surface area contributed by atoms with E-state index in [1.807, 2.05) is 0 Å². The zero-order chi connectivity index (χ0) is 26.3. The van der Waals surface area contributed by atoms with Gasteiger partial charge in [-0.25, -0.2) is 8.42 Å². The lowest BCUT2D eigenvalue weighted by atomic mass is 10.1. The minimum atomic E-state index is -3.23. The van der Waals surface area contributed by atoms with Crippen LogP contribution in [0.3, 0.4) is 0 Å². The number of carbonyl (C=O) groups is 1. The van der Waals surface area contributed by atoms with Crippen molar-refractivity contribution in [3.8, 4) is 17.2 Å². The number of sulfone groups is 1. The van der Waals surface area contributed by atoms with E-state index in [2.05, 4.69) is 5.32 Å². The lowest BCUT2D eigenvalue weighted by molar-refractivity contribution is -0.131. The van der Waals surface area contributed by atoms with Crippen LogP contribution in [0.1, 0.15) is 10.4 Å². The highest BCUT2D eigenvalue weighted by atomic mass is 35.5. The number of nitrogens with one attached hydrogen (secondary N) is 1. The Balaban J connectivity index is 1.56. The molecular weight excluding hydrogens is 535 g/mol. The fourth-order valence-corrected chi connectivity index (χ4v) is 4.01. The zero-order valence-electron chi connectivity index (χ0n) is 19.8. The smallest absolute Gasteiger partial charge is 0.254 e. The molecule has 3 rings (SSSR count). The predicted molar refractivity (Wildman–Crippen MR) is 135 cm³/mol. The molecule has 0 bridgehead atoms. The Morgan fingerprint density at radius 3 is 2.61 bits per heavy atom. The number of hydroxylamine groups is 2. The summed E-state index contributed by atoms with van der Waals surface area (Å²) in [6, 6.07) is 9.76. The third kappa shape index (κ3) is 8.68. The lowest BCUT2D eigenvalue weighted by Gasteiger charge is -2.20. The monoisotopic (exact) mass is 562 g/mol. The van der Waals surface area contributed by atoms with Gasteiger partial charge in [0, 0.05) is 24.4 Å². The molecule has 36 heavy (non-hydrogen) atoms.